The van der Waals surface area contributed by atoms with Crippen molar-refractivity contribution < 1.29 is 9.13 Å². The van der Waals surface area contributed by atoms with Crippen molar-refractivity contribution in [1.29, 1.82) is 0 Å². The van der Waals surface area contributed by atoms with Crippen LogP contribution >= 0.6 is 11.6 Å². The molecule has 0 aromatic carbocycles. The van der Waals surface area contributed by atoms with Crippen LogP contribution in [0.5, 0.6) is 5.88 Å². The van der Waals surface area contributed by atoms with Gasteiger partial charge in [0.1, 0.15) is 6.33 Å². The zero-order valence-corrected chi connectivity index (χ0v) is 10.1. The summed E-state index contributed by atoms with van der Waals surface area (Å²) < 4.78 is 18.0. The fourth-order valence-corrected chi connectivity index (χ4v) is 0.992. The van der Waals surface area contributed by atoms with E-state index in [1.165, 1.54) is 0 Å². The molecule has 86 valence electrons. The molecule has 0 aliphatic carbocycles. The van der Waals surface area contributed by atoms with Gasteiger partial charge in [-0.05, 0) is 20.8 Å². The minimum Gasteiger partial charge on any atom is -0.463 e. The molecule has 1 aromatic rings. The fourth-order valence-electron chi connectivity index (χ4n) is 0.840. The van der Waals surface area contributed by atoms with Crippen molar-refractivity contribution in [3.63, 3.8) is 0 Å². The van der Waals surface area contributed by atoms with Crippen molar-refractivity contribution in [3.05, 3.63) is 17.3 Å². The predicted molar refractivity (Wildman–Crippen MR) is 59.7 cm³/mol. The number of ether oxygens (including phenoxy) is 1. The van der Waals surface area contributed by atoms with E-state index in [1.807, 2.05) is 20.8 Å². The van der Waals surface area contributed by atoms with Crippen LogP contribution in [0.25, 0.3) is 0 Å². The summed E-state index contributed by atoms with van der Waals surface area (Å²) >= 11 is 5.59. The maximum Gasteiger partial charge on any atom is 0.239 e. The van der Waals surface area contributed by atoms with E-state index in [0.29, 0.717) is 0 Å². The molecule has 0 fully saturated rings. The molecule has 5 heteroatoms. The van der Waals surface area contributed by atoms with Crippen LogP contribution in [0, 0.1) is 23.2 Å². The van der Waals surface area contributed by atoms with Gasteiger partial charge in [0.05, 0.1) is 0 Å². The summed E-state index contributed by atoms with van der Waals surface area (Å²) in [6, 6.07) is 0. The second-order valence-electron chi connectivity index (χ2n) is 4.12. The molecule has 16 heavy (non-hydrogen) atoms. The van der Waals surface area contributed by atoms with Crippen LogP contribution in [0.1, 0.15) is 20.8 Å². The minimum absolute atomic E-state index is 0.0115. The first-order valence-corrected chi connectivity index (χ1v) is 5.07. The lowest BCUT2D eigenvalue weighted by Gasteiger charge is -2.07. The van der Waals surface area contributed by atoms with Crippen molar-refractivity contribution in [2.24, 2.45) is 5.41 Å². The molecule has 1 heterocycles. The van der Waals surface area contributed by atoms with Crippen molar-refractivity contribution in [2.45, 2.75) is 20.8 Å². The van der Waals surface area contributed by atoms with Crippen LogP contribution in [0.3, 0.4) is 0 Å². The van der Waals surface area contributed by atoms with Gasteiger partial charge in [-0.25, -0.2) is 9.97 Å². The summed E-state index contributed by atoms with van der Waals surface area (Å²) in [6.45, 7) is 6.07. The summed E-state index contributed by atoms with van der Waals surface area (Å²) in [4.78, 5) is 6.98. The van der Waals surface area contributed by atoms with E-state index < -0.39 is 5.95 Å². The van der Waals surface area contributed by atoms with Crippen LogP contribution in [-0.2, 0) is 0 Å². The average Bonchev–Trinajstić information content (AvgIpc) is 2.17. The zero-order chi connectivity index (χ0) is 12.2. The van der Waals surface area contributed by atoms with Gasteiger partial charge in [-0.15, -0.1) is 0 Å². The number of halogens is 2. The van der Waals surface area contributed by atoms with Crippen LogP contribution in [-0.4, -0.2) is 16.6 Å². The molecule has 0 amide bonds. The SMILES string of the molecule is CC(C)(C)C#CCOc1ncnc(F)c1Cl. The molecule has 0 radical (unpaired) electrons. The van der Waals surface area contributed by atoms with Crippen LogP contribution in [0.4, 0.5) is 4.39 Å². The highest BCUT2D eigenvalue weighted by Gasteiger charge is 2.09. The molecular formula is C11H12ClFN2O. The van der Waals surface area contributed by atoms with Gasteiger partial charge >= 0.3 is 0 Å². The van der Waals surface area contributed by atoms with E-state index >= 15 is 0 Å². The Morgan fingerprint density at radius 1 is 1.44 bits per heavy atom. The second-order valence-corrected chi connectivity index (χ2v) is 4.50. The third-order valence-electron chi connectivity index (χ3n) is 1.46. The average molecular weight is 243 g/mol. The first-order chi connectivity index (χ1) is 7.40. The predicted octanol–water partition coefficient (Wildman–Crippen LogP) is 2.70. The highest BCUT2D eigenvalue weighted by molar-refractivity contribution is 6.31. The summed E-state index contributed by atoms with van der Waals surface area (Å²) in [6.07, 6.45) is 1.05. The lowest BCUT2D eigenvalue weighted by atomic mass is 9.98. The van der Waals surface area contributed by atoms with Crippen LogP contribution < -0.4 is 4.74 Å². The number of nitrogens with zero attached hydrogens (tertiary/aromatic N) is 2. The lowest BCUT2D eigenvalue weighted by Crippen LogP contribution is -2.03. The van der Waals surface area contributed by atoms with Gasteiger partial charge in [0.2, 0.25) is 11.8 Å². The summed E-state index contributed by atoms with van der Waals surface area (Å²) in [5, 5.41) is -0.222. The molecule has 0 atom stereocenters. The van der Waals surface area contributed by atoms with Crippen molar-refractivity contribution in [2.75, 3.05) is 6.61 Å². The molecule has 3 nitrogen and oxygen atoms in total. The molecule has 0 saturated carbocycles. The monoisotopic (exact) mass is 242 g/mol. The molecule has 0 aliphatic rings. The Labute approximate surface area is 99.0 Å². The van der Waals surface area contributed by atoms with Gasteiger partial charge in [-0.1, -0.05) is 23.4 Å². The quantitative estimate of drug-likeness (QED) is 0.591. The maximum atomic E-state index is 12.9. The lowest BCUT2D eigenvalue weighted by molar-refractivity contribution is 0.350. The Morgan fingerprint density at radius 2 is 2.12 bits per heavy atom. The molecule has 0 bridgehead atoms. The Hall–Kier alpha value is -1.34. The van der Waals surface area contributed by atoms with E-state index in [-0.39, 0.29) is 22.9 Å². The third-order valence-corrected chi connectivity index (χ3v) is 1.78. The topological polar surface area (TPSA) is 35.0 Å². The molecule has 0 spiro atoms. The summed E-state index contributed by atoms with van der Waals surface area (Å²) in [5.74, 6) is 4.99. The highest BCUT2D eigenvalue weighted by atomic mass is 35.5. The Kier molecular flexibility index (Phi) is 4.08. The van der Waals surface area contributed by atoms with Gasteiger partial charge < -0.3 is 4.74 Å². The molecule has 1 aromatic heterocycles. The maximum absolute atomic E-state index is 12.9. The van der Waals surface area contributed by atoms with Gasteiger partial charge in [-0.2, -0.15) is 4.39 Å². The number of hydrogen-bond acceptors (Lipinski definition) is 3. The Bertz CT molecular complexity index is 432. The molecule has 0 unspecified atom stereocenters. The Morgan fingerprint density at radius 3 is 2.75 bits per heavy atom. The van der Waals surface area contributed by atoms with Crippen molar-refractivity contribution in [3.8, 4) is 17.7 Å². The molecule has 0 N–H and O–H groups in total. The van der Waals surface area contributed by atoms with Crippen LogP contribution in [0.15, 0.2) is 6.33 Å². The van der Waals surface area contributed by atoms with Crippen molar-refractivity contribution in [1.82, 2.24) is 9.97 Å². The fraction of sp³-hybridized carbons (Fsp3) is 0.455. The third kappa shape index (κ3) is 4.03. The van der Waals surface area contributed by atoms with Gasteiger partial charge in [-0.3, -0.25) is 0 Å². The van der Waals surface area contributed by atoms with E-state index in [2.05, 4.69) is 21.8 Å². The first-order valence-electron chi connectivity index (χ1n) is 4.69. The minimum atomic E-state index is -0.796. The number of hydrogen-bond donors (Lipinski definition) is 0. The standard InChI is InChI=1S/C11H12ClFN2O/c1-11(2,3)5-4-6-16-10-8(12)9(13)14-7-15-10/h7H,6H2,1-3H3. The first kappa shape index (κ1) is 12.7. The molecule has 0 saturated heterocycles. The summed E-state index contributed by atoms with van der Waals surface area (Å²) in [5.41, 5.74) is -0.0932. The highest BCUT2D eigenvalue weighted by Crippen LogP contribution is 2.22. The smallest absolute Gasteiger partial charge is 0.239 e. The van der Waals surface area contributed by atoms with Gasteiger partial charge in [0.15, 0.2) is 11.6 Å². The Balaban J connectivity index is 2.62. The van der Waals surface area contributed by atoms with Crippen LogP contribution in [0.2, 0.25) is 5.02 Å². The zero-order valence-electron chi connectivity index (χ0n) is 9.34. The van der Waals surface area contributed by atoms with E-state index in [9.17, 15) is 4.39 Å². The largest absolute Gasteiger partial charge is 0.463 e. The van der Waals surface area contributed by atoms with E-state index in [4.69, 9.17) is 16.3 Å². The molecule has 1 rings (SSSR count). The number of rotatable bonds is 2. The normalized spacial score (nSPS) is 10.6. The van der Waals surface area contributed by atoms with E-state index in [1.54, 1.807) is 0 Å². The van der Waals surface area contributed by atoms with Crippen molar-refractivity contribution >= 4 is 11.6 Å². The van der Waals surface area contributed by atoms with E-state index in [0.717, 1.165) is 6.33 Å². The molecular weight excluding hydrogens is 231 g/mol. The number of aromatic nitrogens is 2. The van der Waals surface area contributed by atoms with Gasteiger partial charge in [0.25, 0.3) is 0 Å². The second kappa shape index (κ2) is 5.13. The molecule has 0 aliphatic heterocycles. The van der Waals surface area contributed by atoms with Gasteiger partial charge in [0, 0.05) is 5.41 Å². The summed E-state index contributed by atoms with van der Waals surface area (Å²) in [7, 11) is 0.